The third-order valence-electron chi connectivity index (χ3n) is 2.15. The molecule has 1 aromatic carbocycles. The van der Waals surface area contributed by atoms with Crippen LogP contribution in [0.3, 0.4) is 0 Å². The maximum absolute atomic E-state index is 5.93. The van der Waals surface area contributed by atoms with Gasteiger partial charge in [-0.25, -0.2) is 0 Å². The molecule has 0 aliphatic heterocycles. The second kappa shape index (κ2) is 4.03. The Hall–Kier alpha value is -1.35. The molecule has 0 amide bonds. The number of nitrogens with zero attached hydrogens (tertiary/aromatic N) is 1. The summed E-state index contributed by atoms with van der Waals surface area (Å²) < 4.78 is 1.03. The maximum atomic E-state index is 5.93. The first-order valence-corrected chi connectivity index (χ1v) is 5.44. The molecule has 2 nitrogen and oxygen atoms in total. The Morgan fingerprint density at radius 2 is 2.07 bits per heavy atom. The molecule has 0 spiro atoms. The highest BCUT2D eigenvalue weighted by Gasteiger charge is 2.04. The van der Waals surface area contributed by atoms with E-state index in [1.807, 2.05) is 43.5 Å². The lowest BCUT2D eigenvalue weighted by Gasteiger charge is -2.05. The lowest BCUT2D eigenvalue weighted by atomic mass is 10.1. The van der Waals surface area contributed by atoms with E-state index in [4.69, 9.17) is 5.73 Å². The zero-order valence-electron chi connectivity index (χ0n) is 8.37. The molecule has 76 valence electrons. The molecule has 0 radical (unpaired) electrons. The number of hydrogen-bond donors (Lipinski definition) is 1. The van der Waals surface area contributed by atoms with Gasteiger partial charge in [0.1, 0.15) is 0 Å². The van der Waals surface area contributed by atoms with Crippen molar-refractivity contribution in [2.24, 2.45) is 0 Å². The Morgan fingerprint density at radius 1 is 1.27 bits per heavy atom. The molecule has 1 aromatic heterocycles. The number of nitrogens with two attached hydrogens (primary N) is 1. The van der Waals surface area contributed by atoms with Gasteiger partial charge in [-0.05, 0) is 30.7 Å². The lowest BCUT2D eigenvalue weighted by Crippen LogP contribution is -1.94. The van der Waals surface area contributed by atoms with E-state index in [-0.39, 0.29) is 0 Å². The molecule has 1 heterocycles. The third-order valence-corrected chi connectivity index (χ3v) is 2.65. The number of pyridine rings is 1. The van der Waals surface area contributed by atoms with Crippen LogP contribution in [0.4, 0.5) is 5.69 Å². The number of nitrogen functional groups attached to an aromatic ring is 1. The molecule has 0 bridgehead atoms. The Morgan fingerprint density at radius 3 is 2.73 bits per heavy atom. The van der Waals surface area contributed by atoms with E-state index in [0.29, 0.717) is 5.69 Å². The monoisotopic (exact) mass is 262 g/mol. The summed E-state index contributed by atoms with van der Waals surface area (Å²) in [6.45, 7) is 1.98. The number of aromatic nitrogens is 1. The van der Waals surface area contributed by atoms with Crippen molar-refractivity contribution in [2.45, 2.75) is 6.92 Å². The lowest BCUT2D eigenvalue weighted by molar-refractivity contribution is 1.27. The van der Waals surface area contributed by atoms with Gasteiger partial charge in [0, 0.05) is 16.2 Å². The molecule has 2 aromatic rings. The predicted octanol–water partition coefficient (Wildman–Crippen LogP) is 3.40. The first-order chi connectivity index (χ1) is 7.16. The Bertz CT molecular complexity index is 495. The van der Waals surface area contributed by atoms with Crippen LogP contribution in [-0.2, 0) is 0 Å². The number of halogens is 1. The average molecular weight is 263 g/mol. The fraction of sp³-hybridized carbons (Fsp3) is 0.0833. The van der Waals surface area contributed by atoms with E-state index >= 15 is 0 Å². The van der Waals surface area contributed by atoms with Crippen molar-refractivity contribution >= 4 is 21.6 Å². The molecular weight excluding hydrogens is 252 g/mol. The molecule has 0 aliphatic carbocycles. The highest BCUT2D eigenvalue weighted by Crippen LogP contribution is 2.26. The number of hydrogen-bond acceptors (Lipinski definition) is 2. The van der Waals surface area contributed by atoms with Crippen LogP contribution in [0.5, 0.6) is 0 Å². The molecular formula is C12H11BrN2. The van der Waals surface area contributed by atoms with E-state index in [2.05, 4.69) is 20.9 Å². The average Bonchev–Trinajstić information content (AvgIpc) is 2.17. The minimum absolute atomic E-state index is 0.716. The topological polar surface area (TPSA) is 38.9 Å². The second-order valence-electron chi connectivity index (χ2n) is 3.46. The molecule has 0 atom stereocenters. The number of rotatable bonds is 1. The van der Waals surface area contributed by atoms with Crippen molar-refractivity contribution in [3.05, 3.63) is 46.6 Å². The van der Waals surface area contributed by atoms with Crippen molar-refractivity contribution in [1.29, 1.82) is 0 Å². The van der Waals surface area contributed by atoms with Gasteiger partial charge >= 0.3 is 0 Å². The van der Waals surface area contributed by atoms with Crippen LogP contribution in [0.25, 0.3) is 11.3 Å². The Kier molecular flexibility index (Phi) is 2.73. The van der Waals surface area contributed by atoms with Gasteiger partial charge < -0.3 is 5.73 Å². The standard InChI is InChI=1S/C12H11BrN2/c1-8-5-11(14)12(15-7-8)9-3-2-4-10(13)6-9/h2-7H,14H2,1H3. The minimum atomic E-state index is 0.716. The van der Waals surface area contributed by atoms with E-state index in [1.54, 1.807) is 0 Å². The molecule has 0 fully saturated rings. The molecule has 2 rings (SSSR count). The van der Waals surface area contributed by atoms with Crippen LogP contribution in [0.15, 0.2) is 41.0 Å². The van der Waals surface area contributed by atoms with Crippen LogP contribution in [0.2, 0.25) is 0 Å². The largest absolute Gasteiger partial charge is 0.397 e. The van der Waals surface area contributed by atoms with Gasteiger partial charge in [-0.1, -0.05) is 28.1 Å². The number of anilines is 1. The van der Waals surface area contributed by atoms with Crippen LogP contribution in [0.1, 0.15) is 5.56 Å². The predicted molar refractivity (Wildman–Crippen MR) is 66.5 cm³/mol. The van der Waals surface area contributed by atoms with Crippen LogP contribution >= 0.6 is 15.9 Å². The van der Waals surface area contributed by atoms with Gasteiger partial charge in [0.2, 0.25) is 0 Å². The van der Waals surface area contributed by atoms with Gasteiger partial charge in [-0.2, -0.15) is 0 Å². The summed E-state index contributed by atoms with van der Waals surface area (Å²) in [5.41, 5.74) is 9.58. The van der Waals surface area contributed by atoms with Crippen molar-refractivity contribution in [3.8, 4) is 11.3 Å². The van der Waals surface area contributed by atoms with Crippen molar-refractivity contribution in [1.82, 2.24) is 4.98 Å². The summed E-state index contributed by atoms with van der Waals surface area (Å²) in [7, 11) is 0. The third kappa shape index (κ3) is 2.18. The smallest absolute Gasteiger partial charge is 0.0931 e. The Balaban J connectivity index is 2.54. The zero-order valence-corrected chi connectivity index (χ0v) is 9.95. The SMILES string of the molecule is Cc1cnc(-c2cccc(Br)c2)c(N)c1. The summed E-state index contributed by atoms with van der Waals surface area (Å²) in [6.07, 6.45) is 1.83. The molecule has 2 N–H and O–H groups in total. The maximum Gasteiger partial charge on any atom is 0.0931 e. The molecule has 15 heavy (non-hydrogen) atoms. The first-order valence-electron chi connectivity index (χ1n) is 4.65. The summed E-state index contributed by atoms with van der Waals surface area (Å²) in [4.78, 5) is 4.34. The zero-order chi connectivity index (χ0) is 10.8. The van der Waals surface area contributed by atoms with Gasteiger partial charge in [0.15, 0.2) is 0 Å². The fourth-order valence-electron chi connectivity index (χ4n) is 1.47. The molecule has 0 saturated heterocycles. The van der Waals surface area contributed by atoms with Crippen LogP contribution in [-0.4, -0.2) is 4.98 Å². The van der Waals surface area contributed by atoms with Crippen LogP contribution < -0.4 is 5.73 Å². The highest BCUT2D eigenvalue weighted by molar-refractivity contribution is 9.10. The second-order valence-corrected chi connectivity index (χ2v) is 4.38. The minimum Gasteiger partial charge on any atom is -0.397 e. The first kappa shape index (κ1) is 10.2. The summed E-state index contributed by atoms with van der Waals surface area (Å²) in [5.74, 6) is 0. The quantitative estimate of drug-likeness (QED) is 0.856. The number of benzene rings is 1. The molecule has 3 heteroatoms. The van der Waals surface area contributed by atoms with Crippen LogP contribution in [0, 0.1) is 6.92 Å². The summed E-state index contributed by atoms with van der Waals surface area (Å²) >= 11 is 3.43. The van der Waals surface area contributed by atoms with E-state index in [9.17, 15) is 0 Å². The summed E-state index contributed by atoms with van der Waals surface area (Å²) in [5, 5.41) is 0. The van der Waals surface area contributed by atoms with E-state index in [0.717, 1.165) is 21.3 Å². The van der Waals surface area contributed by atoms with E-state index < -0.39 is 0 Å². The molecule has 0 unspecified atom stereocenters. The van der Waals surface area contributed by atoms with Gasteiger partial charge in [-0.3, -0.25) is 4.98 Å². The van der Waals surface area contributed by atoms with Gasteiger partial charge in [0.25, 0.3) is 0 Å². The van der Waals surface area contributed by atoms with Gasteiger partial charge in [-0.15, -0.1) is 0 Å². The highest BCUT2D eigenvalue weighted by atomic mass is 79.9. The normalized spacial score (nSPS) is 10.3. The Labute approximate surface area is 97.3 Å². The van der Waals surface area contributed by atoms with Gasteiger partial charge in [0.05, 0.1) is 11.4 Å². The summed E-state index contributed by atoms with van der Waals surface area (Å²) in [6, 6.07) is 9.89. The van der Waals surface area contributed by atoms with E-state index in [1.165, 1.54) is 0 Å². The number of aryl methyl sites for hydroxylation is 1. The van der Waals surface area contributed by atoms with Crippen molar-refractivity contribution in [2.75, 3.05) is 5.73 Å². The van der Waals surface area contributed by atoms with Crippen molar-refractivity contribution in [3.63, 3.8) is 0 Å². The molecule has 0 saturated carbocycles. The fourth-order valence-corrected chi connectivity index (χ4v) is 1.87. The van der Waals surface area contributed by atoms with Crippen molar-refractivity contribution < 1.29 is 0 Å². The molecule has 0 aliphatic rings.